The number of rotatable bonds is 5. The Labute approximate surface area is 105 Å². The molecule has 0 saturated heterocycles. The highest BCUT2D eigenvalue weighted by Gasteiger charge is 1.98. The zero-order valence-corrected chi connectivity index (χ0v) is 11.3. The highest BCUT2D eigenvalue weighted by Crippen LogP contribution is 2.18. The maximum absolute atomic E-state index is 5.42. The van der Waals surface area contributed by atoms with E-state index in [4.69, 9.17) is 4.74 Å². The lowest BCUT2D eigenvalue weighted by Gasteiger charge is -2.05. The minimum Gasteiger partial charge on any atom is -0.501 e. The average molecular weight is 230 g/mol. The van der Waals surface area contributed by atoms with Crippen LogP contribution in [-0.2, 0) is 4.74 Å². The lowest BCUT2D eigenvalue weighted by Crippen LogP contribution is -1.87. The van der Waals surface area contributed by atoms with Crippen LogP contribution in [0.5, 0.6) is 0 Å². The van der Waals surface area contributed by atoms with Gasteiger partial charge in [0.05, 0.1) is 12.9 Å². The Morgan fingerprint density at radius 1 is 1.06 bits per heavy atom. The topological polar surface area (TPSA) is 9.23 Å². The van der Waals surface area contributed by atoms with Crippen molar-refractivity contribution < 1.29 is 4.74 Å². The fourth-order valence-corrected chi connectivity index (χ4v) is 1.53. The Hall–Kier alpha value is -1.50. The summed E-state index contributed by atoms with van der Waals surface area (Å²) in [4.78, 5) is 0. The molecule has 0 heterocycles. The summed E-state index contributed by atoms with van der Waals surface area (Å²) in [5.74, 6) is 0. The molecule has 0 aliphatic rings. The predicted molar refractivity (Wildman–Crippen MR) is 75.7 cm³/mol. The summed E-state index contributed by atoms with van der Waals surface area (Å²) in [7, 11) is 0. The van der Waals surface area contributed by atoms with Crippen LogP contribution in [0.1, 0.15) is 45.2 Å². The molecule has 0 radical (unpaired) electrons. The van der Waals surface area contributed by atoms with Crippen molar-refractivity contribution in [3.8, 4) is 0 Å². The van der Waals surface area contributed by atoms with Gasteiger partial charge in [0.1, 0.15) is 0 Å². The van der Waals surface area contributed by atoms with Gasteiger partial charge in [-0.05, 0) is 49.5 Å². The van der Waals surface area contributed by atoms with Gasteiger partial charge in [0.2, 0.25) is 0 Å². The molecule has 1 heteroatoms. The van der Waals surface area contributed by atoms with E-state index in [1.54, 1.807) is 0 Å². The van der Waals surface area contributed by atoms with E-state index in [0.717, 1.165) is 13.0 Å². The summed E-state index contributed by atoms with van der Waals surface area (Å²) < 4.78 is 5.42. The molecule has 1 aromatic rings. The second-order valence-electron chi connectivity index (χ2n) is 4.22. The Kier molecular flexibility index (Phi) is 5.55. The van der Waals surface area contributed by atoms with Crippen molar-refractivity contribution in [1.82, 2.24) is 0 Å². The standard InChI is InChI=1S/C16H22O/c1-5-11-17-12-14(4)16-9-7-15(8-10-16)13(3)6-2/h6-10,12H,5,11H2,1-4H3/b13-6+,14-12+. The smallest absolute Gasteiger partial charge is 0.0870 e. The monoisotopic (exact) mass is 230 g/mol. The van der Waals surface area contributed by atoms with E-state index in [0.29, 0.717) is 0 Å². The number of ether oxygens (including phenoxy) is 1. The Balaban J connectivity index is 2.77. The Morgan fingerprint density at radius 2 is 1.59 bits per heavy atom. The fraction of sp³-hybridized carbons (Fsp3) is 0.375. The van der Waals surface area contributed by atoms with Gasteiger partial charge < -0.3 is 4.74 Å². The van der Waals surface area contributed by atoms with Crippen LogP contribution in [0.15, 0.2) is 36.6 Å². The molecule has 0 aromatic heterocycles. The molecule has 1 aromatic carbocycles. The van der Waals surface area contributed by atoms with E-state index in [1.807, 2.05) is 6.26 Å². The zero-order valence-electron chi connectivity index (χ0n) is 11.3. The van der Waals surface area contributed by atoms with Crippen LogP contribution in [0.25, 0.3) is 11.1 Å². The predicted octanol–water partition coefficient (Wildman–Crippen LogP) is 4.90. The third-order valence-electron chi connectivity index (χ3n) is 2.81. The lowest BCUT2D eigenvalue weighted by atomic mass is 10.0. The number of allylic oxidation sites excluding steroid dienone is 3. The zero-order chi connectivity index (χ0) is 12.7. The molecule has 0 fully saturated rings. The Bertz CT molecular complexity index is 396. The second kappa shape index (κ2) is 6.95. The van der Waals surface area contributed by atoms with Crippen LogP contribution < -0.4 is 0 Å². The first kappa shape index (κ1) is 13.6. The van der Waals surface area contributed by atoms with Gasteiger partial charge in [-0.2, -0.15) is 0 Å². The van der Waals surface area contributed by atoms with Gasteiger partial charge in [0, 0.05) is 0 Å². The molecule has 0 spiro atoms. The summed E-state index contributed by atoms with van der Waals surface area (Å²) in [6.45, 7) is 9.16. The average Bonchev–Trinajstić information content (AvgIpc) is 2.38. The molecule has 0 unspecified atom stereocenters. The van der Waals surface area contributed by atoms with E-state index < -0.39 is 0 Å². The first-order chi connectivity index (χ1) is 8.19. The molecule has 1 nitrogen and oxygen atoms in total. The molecule has 0 amide bonds. The summed E-state index contributed by atoms with van der Waals surface area (Å²) >= 11 is 0. The van der Waals surface area contributed by atoms with Gasteiger partial charge >= 0.3 is 0 Å². The molecule has 0 atom stereocenters. The SMILES string of the molecule is C/C=C(\C)c1ccc(/C(C)=C/OCCC)cc1. The molecule has 0 aliphatic carbocycles. The molecule has 17 heavy (non-hydrogen) atoms. The van der Waals surface area contributed by atoms with Crippen LogP contribution in [-0.4, -0.2) is 6.61 Å². The number of hydrogen-bond acceptors (Lipinski definition) is 1. The van der Waals surface area contributed by atoms with Crippen molar-refractivity contribution in [2.75, 3.05) is 6.61 Å². The minimum absolute atomic E-state index is 0.785. The molecule has 0 bridgehead atoms. The summed E-state index contributed by atoms with van der Waals surface area (Å²) in [6.07, 6.45) is 5.02. The van der Waals surface area contributed by atoms with E-state index in [1.165, 1.54) is 22.3 Å². The molecular weight excluding hydrogens is 208 g/mol. The van der Waals surface area contributed by atoms with Crippen LogP contribution >= 0.6 is 0 Å². The highest BCUT2D eigenvalue weighted by atomic mass is 16.5. The van der Waals surface area contributed by atoms with Gasteiger partial charge in [0.15, 0.2) is 0 Å². The van der Waals surface area contributed by atoms with Crippen molar-refractivity contribution in [1.29, 1.82) is 0 Å². The molecule has 92 valence electrons. The van der Waals surface area contributed by atoms with E-state index in [-0.39, 0.29) is 0 Å². The van der Waals surface area contributed by atoms with Crippen LogP contribution in [0, 0.1) is 0 Å². The van der Waals surface area contributed by atoms with E-state index in [2.05, 4.69) is 58.0 Å². The van der Waals surface area contributed by atoms with Crippen LogP contribution in [0.4, 0.5) is 0 Å². The molecule has 0 saturated carbocycles. The van der Waals surface area contributed by atoms with Crippen molar-refractivity contribution in [2.45, 2.75) is 34.1 Å². The van der Waals surface area contributed by atoms with Gasteiger partial charge in [-0.3, -0.25) is 0 Å². The highest BCUT2D eigenvalue weighted by molar-refractivity contribution is 5.68. The van der Waals surface area contributed by atoms with Crippen molar-refractivity contribution in [3.05, 3.63) is 47.7 Å². The van der Waals surface area contributed by atoms with E-state index in [9.17, 15) is 0 Å². The van der Waals surface area contributed by atoms with Crippen molar-refractivity contribution >= 4 is 11.1 Å². The third-order valence-corrected chi connectivity index (χ3v) is 2.81. The molecule has 1 rings (SSSR count). The number of hydrogen-bond donors (Lipinski definition) is 0. The number of benzene rings is 1. The maximum Gasteiger partial charge on any atom is 0.0870 e. The van der Waals surface area contributed by atoms with Gasteiger partial charge in [-0.25, -0.2) is 0 Å². The minimum atomic E-state index is 0.785. The second-order valence-corrected chi connectivity index (χ2v) is 4.22. The first-order valence-electron chi connectivity index (χ1n) is 6.21. The van der Waals surface area contributed by atoms with Crippen LogP contribution in [0.3, 0.4) is 0 Å². The molecule has 0 N–H and O–H groups in total. The molecule has 0 aliphatic heterocycles. The van der Waals surface area contributed by atoms with Gasteiger partial charge in [-0.15, -0.1) is 0 Å². The first-order valence-corrected chi connectivity index (χ1v) is 6.21. The summed E-state index contributed by atoms with van der Waals surface area (Å²) in [5, 5.41) is 0. The van der Waals surface area contributed by atoms with E-state index >= 15 is 0 Å². The normalized spacial score (nSPS) is 12.7. The lowest BCUT2D eigenvalue weighted by molar-refractivity contribution is 0.251. The van der Waals surface area contributed by atoms with Crippen molar-refractivity contribution in [3.63, 3.8) is 0 Å². The Morgan fingerprint density at radius 3 is 2.06 bits per heavy atom. The molecular formula is C16H22O. The quantitative estimate of drug-likeness (QED) is 0.516. The fourth-order valence-electron chi connectivity index (χ4n) is 1.53. The summed E-state index contributed by atoms with van der Waals surface area (Å²) in [6, 6.07) is 8.59. The van der Waals surface area contributed by atoms with Crippen LogP contribution in [0.2, 0.25) is 0 Å². The van der Waals surface area contributed by atoms with Gasteiger partial charge in [0.25, 0.3) is 0 Å². The van der Waals surface area contributed by atoms with Gasteiger partial charge in [-0.1, -0.05) is 37.3 Å². The largest absolute Gasteiger partial charge is 0.501 e. The maximum atomic E-state index is 5.42. The third kappa shape index (κ3) is 4.10. The summed E-state index contributed by atoms with van der Waals surface area (Å²) in [5.41, 5.74) is 4.97. The van der Waals surface area contributed by atoms with Crippen molar-refractivity contribution in [2.24, 2.45) is 0 Å².